The summed E-state index contributed by atoms with van der Waals surface area (Å²) in [6.45, 7) is 2.76. The molecule has 2 aliphatic rings. The molecular weight excluding hydrogens is 362 g/mol. The zero-order valence-electron chi connectivity index (χ0n) is 16.8. The van der Waals surface area contributed by atoms with Crippen LogP contribution in [0.15, 0.2) is 18.2 Å². The first-order chi connectivity index (χ1) is 13.6. The summed E-state index contributed by atoms with van der Waals surface area (Å²) in [5.41, 5.74) is 0.929. The van der Waals surface area contributed by atoms with Crippen LogP contribution in [0.4, 0.5) is 4.79 Å². The van der Waals surface area contributed by atoms with Gasteiger partial charge in [0, 0.05) is 19.0 Å². The molecule has 0 spiro atoms. The zero-order chi connectivity index (χ0) is 20.1. The molecule has 3 rings (SSSR count). The van der Waals surface area contributed by atoms with E-state index in [-0.39, 0.29) is 24.5 Å². The molecule has 0 bridgehead atoms. The molecule has 1 aromatic carbocycles. The fraction of sp³-hybridized carbons (Fsp3) is 0.619. The number of benzene rings is 1. The quantitative estimate of drug-likeness (QED) is 0.692. The molecule has 0 aromatic heterocycles. The lowest BCUT2D eigenvalue weighted by Crippen LogP contribution is -2.30. The van der Waals surface area contributed by atoms with Gasteiger partial charge in [-0.3, -0.25) is 4.79 Å². The number of hydrogen-bond donors (Lipinski definition) is 0. The summed E-state index contributed by atoms with van der Waals surface area (Å²) >= 11 is 0. The molecule has 0 N–H and O–H groups in total. The predicted octanol–water partition coefficient (Wildman–Crippen LogP) is 3.36. The van der Waals surface area contributed by atoms with Crippen LogP contribution in [0.1, 0.15) is 44.1 Å². The monoisotopic (exact) mass is 391 g/mol. The number of amides is 1. The van der Waals surface area contributed by atoms with Crippen molar-refractivity contribution in [3.63, 3.8) is 0 Å². The topological polar surface area (TPSA) is 74.3 Å². The van der Waals surface area contributed by atoms with Gasteiger partial charge in [-0.15, -0.1) is 0 Å². The van der Waals surface area contributed by atoms with Gasteiger partial charge in [-0.1, -0.05) is 6.07 Å². The van der Waals surface area contributed by atoms with E-state index in [1.54, 1.807) is 18.9 Å². The molecule has 1 amide bonds. The molecule has 28 heavy (non-hydrogen) atoms. The standard InChI is InChI=1S/C21H29NO6/c1-4-27-20(23)17-13-22(21(24)26-3)12-16(17)14-9-10-18(25-2)19(11-14)28-15-7-5-6-8-15/h9-11,15-17H,4-8,12-13H2,1-3H3/t16-,17+/m1/s1. The second-order valence-corrected chi connectivity index (χ2v) is 7.27. The third kappa shape index (κ3) is 4.34. The van der Waals surface area contributed by atoms with Gasteiger partial charge in [-0.25, -0.2) is 4.79 Å². The van der Waals surface area contributed by atoms with Crippen LogP contribution in [0, 0.1) is 5.92 Å². The Morgan fingerprint density at radius 3 is 2.50 bits per heavy atom. The third-order valence-corrected chi connectivity index (χ3v) is 5.55. The van der Waals surface area contributed by atoms with Crippen molar-refractivity contribution in [1.29, 1.82) is 0 Å². The van der Waals surface area contributed by atoms with Gasteiger partial charge in [0.15, 0.2) is 11.5 Å². The number of ether oxygens (including phenoxy) is 4. The van der Waals surface area contributed by atoms with E-state index < -0.39 is 12.0 Å². The van der Waals surface area contributed by atoms with Gasteiger partial charge in [0.1, 0.15) is 0 Å². The summed E-state index contributed by atoms with van der Waals surface area (Å²) in [6.07, 6.45) is 4.19. The number of carbonyl (C=O) groups is 2. The molecule has 0 unspecified atom stereocenters. The number of methoxy groups -OCH3 is 2. The Kier molecular flexibility index (Phi) is 6.65. The van der Waals surface area contributed by atoms with Crippen molar-refractivity contribution >= 4 is 12.1 Å². The zero-order valence-corrected chi connectivity index (χ0v) is 16.8. The van der Waals surface area contributed by atoms with Gasteiger partial charge >= 0.3 is 12.1 Å². The molecule has 7 heteroatoms. The normalized spacial score (nSPS) is 22.2. The average Bonchev–Trinajstić information content (AvgIpc) is 3.37. The van der Waals surface area contributed by atoms with Crippen LogP contribution in [0.2, 0.25) is 0 Å². The molecule has 1 aliphatic carbocycles. The van der Waals surface area contributed by atoms with Crippen LogP contribution < -0.4 is 9.47 Å². The summed E-state index contributed by atoms with van der Waals surface area (Å²) in [7, 11) is 2.96. The Balaban J connectivity index is 1.87. The number of nitrogens with zero attached hydrogens (tertiary/aromatic N) is 1. The molecule has 2 fully saturated rings. The molecule has 1 saturated carbocycles. The molecule has 154 valence electrons. The molecular formula is C21H29NO6. The first-order valence-electron chi connectivity index (χ1n) is 9.91. The van der Waals surface area contributed by atoms with E-state index in [9.17, 15) is 9.59 Å². The number of carbonyl (C=O) groups excluding carboxylic acids is 2. The maximum Gasteiger partial charge on any atom is 0.409 e. The molecule has 0 radical (unpaired) electrons. The first kappa shape index (κ1) is 20.3. The summed E-state index contributed by atoms with van der Waals surface area (Å²) in [5.74, 6) is 0.437. The van der Waals surface area contributed by atoms with Crippen LogP contribution in [0.5, 0.6) is 11.5 Å². The van der Waals surface area contributed by atoms with E-state index in [1.165, 1.54) is 20.0 Å². The third-order valence-electron chi connectivity index (χ3n) is 5.55. The fourth-order valence-electron chi connectivity index (χ4n) is 4.11. The lowest BCUT2D eigenvalue weighted by Gasteiger charge is -2.21. The average molecular weight is 391 g/mol. The number of likely N-dealkylation sites (tertiary alicyclic amines) is 1. The number of esters is 1. The van der Waals surface area contributed by atoms with Gasteiger partial charge in [0.2, 0.25) is 0 Å². The summed E-state index contributed by atoms with van der Waals surface area (Å²) in [4.78, 5) is 26.1. The Bertz CT molecular complexity index is 700. The van der Waals surface area contributed by atoms with Crippen molar-refractivity contribution < 1.29 is 28.5 Å². The highest BCUT2D eigenvalue weighted by atomic mass is 16.5. The summed E-state index contributed by atoms with van der Waals surface area (Å²) in [5, 5.41) is 0. The molecule has 1 aliphatic heterocycles. The van der Waals surface area contributed by atoms with Crippen molar-refractivity contribution in [3.8, 4) is 11.5 Å². The highest BCUT2D eigenvalue weighted by Crippen LogP contribution is 2.39. The second kappa shape index (κ2) is 9.17. The van der Waals surface area contributed by atoms with Crippen LogP contribution in [0.25, 0.3) is 0 Å². The molecule has 2 atom stereocenters. The van der Waals surface area contributed by atoms with Crippen LogP contribution >= 0.6 is 0 Å². The van der Waals surface area contributed by atoms with Gasteiger partial charge in [-0.2, -0.15) is 0 Å². The van der Waals surface area contributed by atoms with E-state index >= 15 is 0 Å². The minimum atomic E-state index is -0.438. The Hall–Kier alpha value is -2.44. The molecule has 1 saturated heterocycles. The maximum absolute atomic E-state index is 12.5. The van der Waals surface area contributed by atoms with Crippen LogP contribution in [-0.4, -0.2) is 57.0 Å². The van der Waals surface area contributed by atoms with Crippen molar-refractivity contribution in [1.82, 2.24) is 4.90 Å². The van der Waals surface area contributed by atoms with E-state index in [0.29, 0.717) is 24.7 Å². The lowest BCUT2D eigenvalue weighted by molar-refractivity contribution is -0.147. The minimum Gasteiger partial charge on any atom is -0.493 e. The van der Waals surface area contributed by atoms with E-state index in [4.69, 9.17) is 18.9 Å². The number of hydrogen-bond acceptors (Lipinski definition) is 6. The SMILES string of the molecule is CCOC(=O)[C@H]1CN(C(=O)OC)C[C@@H]1c1ccc(OC)c(OC2CCCC2)c1. The maximum atomic E-state index is 12.5. The predicted molar refractivity (Wildman–Crippen MR) is 103 cm³/mol. The highest BCUT2D eigenvalue weighted by Gasteiger charge is 2.42. The van der Waals surface area contributed by atoms with Crippen molar-refractivity contribution in [2.75, 3.05) is 33.9 Å². The Labute approximate surface area is 165 Å². The van der Waals surface area contributed by atoms with Crippen molar-refractivity contribution in [3.05, 3.63) is 23.8 Å². The smallest absolute Gasteiger partial charge is 0.409 e. The second-order valence-electron chi connectivity index (χ2n) is 7.27. The molecule has 7 nitrogen and oxygen atoms in total. The largest absolute Gasteiger partial charge is 0.493 e. The van der Waals surface area contributed by atoms with Crippen LogP contribution in [-0.2, 0) is 14.3 Å². The molecule has 1 aromatic rings. The van der Waals surface area contributed by atoms with E-state index in [0.717, 1.165) is 18.4 Å². The van der Waals surface area contributed by atoms with Gasteiger partial charge in [0.05, 0.1) is 32.8 Å². The van der Waals surface area contributed by atoms with Crippen molar-refractivity contribution in [2.45, 2.75) is 44.6 Å². The summed E-state index contributed by atoms with van der Waals surface area (Å²) in [6, 6.07) is 5.73. The Morgan fingerprint density at radius 1 is 1.11 bits per heavy atom. The molecule has 1 heterocycles. The lowest BCUT2D eigenvalue weighted by atomic mass is 9.88. The summed E-state index contributed by atoms with van der Waals surface area (Å²) < 4.78 is 21.7. The van der Waals surface area contributed by atoms with Crippen LogP contribution in [0.3, 0.4) is 0 Å². The Morgan fingerprint density at radius 2 is 1.86 bits per heavy atom. The van der Waals surface area contributed by atoms with Crippen molar-refractivity contribution in [2.24, 2.45) is 5.92 Å². The number of rotatable bonds is 6. The minimum absolute atomic E-state index is 0.185. The van der Waals surface area contributed by atoms with Gasteiger partial charge in [0.25, 0.3) is 0 Å². The van der Waals surface area contributed by atoms with E-state index in [1.807, 2.05) is 18.2 Å². The van der Waals surface area contributed by atoms with E-state index in [2.05, 4.69) is 0 Å². The first-order valence-corrected chi connectivity index (χ1v) is 9.91. The fourth-order valence-corrected chi connectivity index (χ4v) is 4.11. The highest BCUT2D eigenvalue weighted by molar-refractivity contribution is 5.77. The van der Waals surface area contributed by atoms with Gasteiger partial charge < -0.3 is 23.8 Å². The van der Waals surface area contributed by atoms with Gasteiger partial charge in [-0.05, 0) is 50.3 Å².